The highest BCUT2D eigenvalue weighted by molar-refractivity contribution is 7.19. The molecule has 3 aromatic rings. The molecular formula is C15H13ClN2OS2. The first-order valence-electron chi connectivity index (χ1n) is 6.27. The van der Waals surface area contributed by atoms with Crippen LogP contribution in [0.2, 0.25) is 4.34 Å². The molecule has 0 amide bonds. The number of thiazole rings is 1. The molecule has 3 nitrogen and oxygen atoms in total. The van der Waals surface area contributed by atoms with Crippen LogP contribution in [0, 0.1) is 0 Å². The number of benzene rings is 1. The van der Waals surface area contributed by atoms with Gasteiger partial charge >= 0.3 is 0 Å². The van der Waals surface area contributed by atoms with E-state index >= 15 is 0 Å². The Labute approximate surface area is 135 Å². The van der Waals surface area contributed by atoms with Crippen LogP contribution >= 0.6 is 34.3 Å². The van der Waals surface area contributed by atoms with Crippen LogP contribution in [0.15, 0.2) is 46.8 Å². The van der Waals surface area contributed by atoms with Gasteiger partial charge in [0.2, 0.25) is 0 Å². The number of nitrogens with zero attached hydrogens (tertiary/aromatic N) is 2. The number of aromatic nitrogens is 1. The van der Waals surface area contributed by atoms with Gasteiger partial charge in [0.1, 0.15) is 11.4 Å². The largest absolute Gasteiger partial charge is 0.494 e. The van der Waals surface area contributed by atoms with Gasteiger partial charge in [0.25, 0.3) is 0 Å². The summed E-state index contributed by atoms with van der Waals surface area (Å²) in [6, 6.07) is 11.7. The molecule has 0 aliphatic rings. The van der Waals surface area contributed by atoms with E-state index in [0.717, 1.165) is 31.1 Å². The zero-order chi connectivity index (χ0) is 14.8. The fourth-order valence-electron chi connectivity index (χ4n) is 1.97. The van der Waals surface area contributed by atoms with Crippen LogP contribution in [0.1, 0.15) is 0 Å². The Bertz CT molecular complexity index is 832. The van der Waals surface area contributed by atoms with Crippen molar-refractivity contribution in [1.82, 2.24) is 4.57 Å². The summed E-state index contributed by atoms with van der Waals surface area (Å²) in [4.78, 5) is 6.75. The molecule has 108 valence electrons. The van der Waals surface area contributed by atoms with E-state index in [1.165, 1.54) is 0 Å². The number of para-hydroxylation sites is 2. The van der Waals surface area contributed by atoms with Crippen LogP contribution in [-0.4, -0.2) is 11.7 Å². The Morgan fingerprint density at radius 2 is 2.00 bits per heavy atom. The van der Waals surface area contributed by atoms with Crippen LogP contribution in [-0.2, 0) is 7.05 Å². The molecule has 0 N–H and O–H groups in total. The molecule has 0 atom stereocenters. The summed E-state index contributed by atoms with van der Waals surface area (Å²) in [6.45, 7) is 0. The van der Waals surface area contributed by atoms with E-state index in [1.807, 2.05) is 43.4 Å². The summed E-state index contributed by atoms with van der Waals surface area (Å²) in [5, 5.41) is 2.09. The maximum atomic E-state index is 6.01. The predicted molar refractivity (Wildman–Crippen MR) is 89.8 cm³/mol. The topological polar surface area (TPSA) is 26.5 Å². The van der Waals surface area contributed by atoms with Crippen molar-refractivity contribution >= 4 is 40.0 Å². The summed E-state index contributed by atoms with van der Waals surface area (Å²) in [6.07, 6.45) is 0. The number of hydrogen-bond acceptors (Lipinski definition) is 4. The third kappa shape index (κ3) is 2.90. The lowest BCUT2D eigenvalue weighted by atomic mass is 10.3. The predicted octanol–water partition coefficient (Wildman–Crippen LogP) is 4.71. The first-order valence-corrected chi connectivity index (χ1v) is 8.34. The maximum absolute atomic E-state index is 6.01. The second-order valence-electron chi connectivity index (χ2n) is 4.35. The quantitative estimate of drug-likeness (QED) is 0.680. The van der Waals surface area contributed by atoms with Crippen molar-refractivity contribution in [3.63, 3.8) is 0 Å². The van der Waals surface area contributed by atoms with Gasteiger partial charge in [-0.1, -0.05) is 23.7 Å². The lowest BCUT2D eigenvalue weighted by Crippen LogP contribution is -2.10. The Morgan fingerprint density at radius 1 is 1.19 bits per heavy atom. The Kier molecular flexibility index (Phi) is 4.14. The summed E-state index contributed by atoms with van der Waals surface area (Å²) in [7, 11) is 3.66. The molecule has 1 aromatic carbocycles. The highest BCUT2D eigenvalue weighted by Gasteiger charge is 2.08. The van der Waals surface area contributed by atoms with Crippen LogP contribution in [0.5, 0.6) is 5.75 Å². The monoisotopic (exact) mass is 336 g/mol. The summed E-state index contributed by atoms with van der Waals surface area (Å²) in [5.41, 5.74) is 1.94. The standard InChI is InChI=1S/C15H13ClN2OS2/c1-18-11(13-7-8-14(16)21-13)9-20-15(18)17-10-5-3-4-6-12(10)19-2/h3-9H,1-2H3. The molecule has 6 heteroatoms. The van der Waals surface area contributed by atoms with Crippen LogP contribution < -0.4 is 9.54 Å². The fraction of sp³-hybridized carbons (Fsp3) is 0.133. The van der Waals surface area contributed by atoms with Gasteiger partial charge in [0, 0.05) is 12.4 Å². The van der Waals surface area contributed by atoms with E-state index < -0.39 is 0 Å². The second kappa shape index (κ2) is 6.05. The van der Waals surface area contributed by atoms with Crippen molar-refractivity contribution in [2.45, 2.75) is 0 Å². The van der Waals surface area contributed by atoms with Gasteiger partial charge in [-0.3, -0.25) is 0 Å². The SMILES string of the molecule is COc1ccccc1N=c1scc(-c2ccc(Cl)s2)n1C. The second-order valence-corrected chi connectivity index (χ2v) is 6.90. The van der Waals surface area contributed by atoms with Crippen molar-refractivity contribution in [3.05, 3.63) is 50.9 Å². The van der Waals surface area contributed by atoms with Crippen LogP contribution in [0.4, 0.5) is 5.69 Å². The van der Waals surface area contributed by atoms with E-state index in [2.05, 4.69) is 9.95 Å². The molecule has 0 aliphatic carbocycles. The van der Waals surface area contributed by atoms with Gasteiger partial charge in [-0.25, -0.2) is 4.99 Å². The van der Waals surface area contributed by atoms with Crippen LogP contribution in [0.3, 0.4) is 0 Å². The third-order valence-corrected chi connectivity index (χ3v) is 5.22. The molecule has 0 spiro atoms. The van der Waals surface area contributed by atoms with Crippen molar-refractivity contribution < 1.29 is 4.74 Å². The number of ether oxygens (including phenoxy) is 1. The normalized spacial score (nSPS) is 11.9. The Morgan fingerprint density at radius 3 is 2.71 bits per heavy atom. The van der Waals surface area contributed by atoms with Gasteiger partial charge in [-0.2, -0.15) is 0 Å². The molecule has 2 heterocycles. The van der Waals surface area contributed by atoms with Crippen molar-refractivity contribution in [3.8, 4) is 16.3 Å². The molecule has 0 aliphatic heterocycles. The summed E-state index contributed by atoms with van der Waals surface area (Å²) in [5.74, 6) is 0.770. The van der Waals surface area contributed by atoms with Gasteiger partial charge in [0.15, 0.2) is 4.80 Å². The third-order valence-electron chi connectivity index (χ3n) is 3.05. The van der Waals surface area contributed by atoms with Gasteiger partial charge in [-0.05, 0) is 24.3 Å². The highest BCUT2D eigenvalue weighted by Crippen LogP contribution is 2.31. The zero-order valence-electron chi connectivity index (χ0n) is 11.5. The van der Waals surface area contributed by atoms with Crippen LogP contribution in [0.25, 0.3) is 10.6 Å². The van der Waals surface area contributed by atoms with E-state index in [1.54, 1.807) is 29.8 Å². The van der Waals surface area contributed by atoms with Crippen molar-refractivity contribution in [1.29, 1.82) is 0 Å². The number of hydrogen-bond donors (Lipinski definition) is 0. The van der Waals surface area contributed by atoms with Gasteiger partial charge in [-0.15, -0.1) is 22.7 Å². The molecule has 0 radical (unpaired) electrons. The Balaban J connectivity index is 2.08. The summed E-state index contributed by atoms with van der Waals surface area (Å²) >= 11 is 9.18. The van der Waals surface area contributed by atoms with E-state index in [-0.39, 0.29) is 0 Å². The minimum atomic E-state index is 0.770. The number of thiophene rings is 1. The molecule has 0 saturated heterocycles. The first-order chi connectivity index (χ1) is 10.2. The van der Waals surface area contributed by atoms with Crippen molar-refractivity contribution in [2.75, 3.05) is 7.11 Å². The number of halogens is 1. The van der Waals surface area contributed by atoms with E-state index in [4.69, 9.17) is 21.3 Å². The van der Waals surface area contributed by atoms with Gasteiger partial charge in [0.05, 0.1) is 22.0 Å². The average molecular weight is 337 g/mol. The smallest absolute Gasteiger partial charge is 0.190 e. The molecule has 0 unspecified atom stereocenters. The molecule has 2 aromatic heterocycles. The van der Waals surface area contributed by atoms with E-state index in [0.29, 0.717) is 0 Å². The molecule has 0 bridgehead atoms. The first kappa shape index (κ1) is 14.4. The lowest BCUT2D eigenvalue weighted by molar-refractivity contribution is 0.416. The number of rotatable bonds is 3. The minimum Gasteiger partial charge on any atom is -0.494 e. The Hall–Kier alpha value is -1.56. The summed E-state index contributed by atoms with van der Waals surface area (Å²) < 4.78 is 8.20. The lowest BCUT2D eigenvalue weighted by Gasteiger charge is -2.03. The molecule has 3 rings (SSSR count). The molecule has 0 saturated carbocycles. The van der Waals surface area contributed by atoms with Gasteiger partial charge < -0.3 is 9.30 Å². The van der Waals surface area contributed by atoms with E-state index in [9.17, 15) is 0 Å². The van der Waals surface area contributed by atoms with Crippen molar-refractivity contribution in [2.24, 2.45) is 12.0 Å². The zero-order valence-corrected chi connectivity index (χ0v) is 13.9. The minimum absolute atomic E-state index is 0.770. The molecule has 21 heavy (non-hydrogen) atoms. The molecular weight excluding hydrogens is 324 g/mol. The highest BCUT2D eigenvalue weighted by atomic mass is 35.5. The number of methoxy groups -OCH3 is 1. The molecule has 0 fully saturated rings. The average Bonchev–Trinajstić information content (AvgIpc) is 3.07. The fourth-order valence-corrected chi connectivity index (χ4v) is 4.05. The maximum Gasteiger partial charge on any atom is 0.190 e.